The van der Waals surface area contributed by atoms with Crippen molar-refractivity contribution in [3.63, 3.8) is 0 Å². The number of nitrogens with zero attached hydrogens (tertiary/aromatic N) is 4. The molecule has 0 saturated carbocycles. The molecule has 0 spiro atoms. The van der Waals surface area contributed by atoms with Crippen molar-refractivity contribution < 1.29 is 4.74 Å². The second-order valence-corrected chi connectivity index (χ2v) is 11.1. The normalized spacial score (nSPS) is 20.5. The largest absolute Gasteiger partial charge is 0.383 e. The molecule has 0 amide bonds. The summed E-state index contributed by atoms with van der Waals surface area (Å²) >= 11 is 12.9. The van der Waals surface area contributed by atoms with Crippen molar-refractivity contribution in [3.8, 4) is 0 Å². The highest BCUT2D eigenvalue weighted by molar-refractivity contribution is 7.80. The van der Waals surface area contributed by atoms with Gasteiger partial charge in [-0.05, 0) is 86.8 Å². The number of pyridine rings is 1. The molecule has 2 aromatic heterocycles. The topological polar surface area (TPSA) is 45.6 Å². The summed E-state index contributed by atoms with van der Waals surface area (Å²) in [4.78, 5) is 9.32. The number of hydrogen-bond donors (Lipinski definition) is 1. The van der Waals surface area contributed by atoms with E-state index in [1.165, 1.54) is 29.8 Å². The van der Waals surface area contributed by atoms with Crippen LogP contribution in [-0.4, -0.2) is 41.5 Å². The van der Waals surface area contributed by atoms with Gasteiger partial charge >= 0.3 is 0 Å². The van der Waals surface area contributed by atoms with Gasteiger partial charge in [0.2, 0.25) is 0 Å². The van der Waals surface area contributed by atoms with E-state index in [0.29, 0.717) is 11.7 Å². The lowest BCUT2D eigenvalue weighted by Gasteiger charge is -2.33. The number of hydrogen-bond acceptors (Lipinski definition) is 4. The van der Waals surface area contributed by atoms with E-state index in [1.54, 1.807) is 7.11 Å². The standard InChI is InChI=1S/C29H36ClN5OS/c1-19-10-13-33(14-11-19)26-9-8-22(18-24(26)30)35-28(23-17-20(2)34(21(23)3)15-16-36-4)27(32-29(35)37)25-7-5-6-12-31-25/h5-9,12,17-19,27-28H,10-11,13-16H2,1-4H3,(H,32,37)/t27-,28+/m0/s1. The number of ether oxygens (including phenoxy) is 1. The maximum absolute atomic E-state index is 6.93. The Bertz CT molecular complexity index is 1250. The second kappa shape index (κ2) is 11.0. The second-order valence-electron chi connectivity index (χ2n) is 10.3. The van der Waals surface area contributed by atoms with Crippen LogP contribution in [0.25, 0.3) is 0 Å². The van der Waals surface area contributed by atoms with E-state index in [2.05, 4.69) is 70.8 Å². The highest BCUT2D eigenvalue weighted by Crippen LogP contribution is 2.44. The van der Waals surface area contributed by atoms with E-state index in [-0.39, 0.29) is 12.1 Å². The molecule has 2 atom stereocenters. The van der Waals surface area contributed by atoms with Gasteiger partial charge in [0.1, 0.15) is 0 Å². The molecule has 4 heterocycles. The number of methoxy groups -OCH3 is 1. The van der Waals surface area contributed by atoms with Crippen LogP contribution in [0.5, 0.6) is 0 Å². The molecule has 6 nitrogen and oxygen atoms in total. The van der Waals surface area contributed by atoms with Crippen molar-refractivity contribution >= 4 is 40.3 Å². The molecule has 1 aromatic carbocycles. The highest BCUT2D eigenvalue weighted by atomic mass is 35.5. The van der Waals surface area contributed by atoms with Crippen molar-refractivity contribution in [2.75, 3.05) is 36.6 Å². The Morgan fingerprint density at radius 3 is 2.59 bits per heavy atom. The molecule has 1 N–H and O–H groups in total. The van der Waals surface area contributed by atoms with E-state index >= 15 is 0 Å². The third-order valence-corrected chi connectivity index (χ3v) is 8.50. The van der Waals surface area contributed by atoms with Gasteiger partial charge in [0.05, 0.1) is 35.1 Å². The van der Waals surface area contributed by atoms with Gasteiger partial charge in [-0.1, -0.05) is 24.6 Å². The zero-order valence-corrected chi connectivity index (χ0v) is 23.6. The molecule has 0 aliphatic carbocycles. The minimum Gasteiger partial charge on any atom is -0.383 e. The summed E-state index contributed by atoms with van der Waals surface area (Å²) in [5, 5.41) is 5.02. The van der Waals surface area contributed by atoms with Crippen LogP contribution < -0.4 is 15.1 Å². The minimum absolute atomic E-state index is 0.0670. The first-order valence-electron chi connectivity index (χ1n) is 13.1. The maximum Gasteiger partial charge on any atom is 0.174 e. The molecule has 2 aliphatic heterocycles. The summed E-state index contributed by atoms with van der Waals surface area (Å²) in [5.41, 5.74) is 6.69. The number of piperidine rings is 1. The number of nitrogens with one attached hydrogen (secondary N) is 1. The van der Waals surface area contributed by atoms with Crippen LogP contribution in [0.1, 0.15) is 54.5 Å². The first-order valence-corrected chi connectivity index (χ1v) is 13.9. The number of aromatic nitrogens is 2. The lowest BCUT2D eigenvalue weighted by Crippen LogP contribution is -2.33. The third kappa shape index (κ3) is 5.09. The first kappa shape index (κ1) is 26.0. The predicted octanol–water partition coefficient (Wildman–Crippen LogP) is 6.21. The van der Waals surface area contributed by atoms with Crippen LogP contribution in [0.2, 0.25) is 5.02 Å². The Kier molecular flexibility index (Phi) is 7.75. The maximum atomic E-state index is 6.93. The monoisotopic (exact) mass is 537 g/mol. The molecular formula is C29H36ClN5OS. The van der Waals surface area contributed by atoms with Crippen molar-refractivity contribution in [1.82, 2.24) is 14.9 Å². The van der Waals surface area contributed by atoms with Gasteiger partial charge in [-0.15, -0.1) is 0 Å². The van der Waals surface area contributed by atoms with Gasteiger partial charge in [-0.25, -0.2) is 0 Å². The van der Waals surface area contributed by atoms with Gasteiger partial charge in [0.25, 0.3) is 0 Å². The van der Waals surface area contributed by atoms with Crippen LogP contribution in [0.3, 0.4) is 0 Å². The van der Waals surface area contributed by atoms with Crippen molar-refractivity contribution in [1.29, 1.82) is 0 Å². The van der Waals surface area contributed by atoms with E-state index in [4.69, 9.17) is 33.5 Å². The van der Waals surface area contributed by atoms with Crippen molar-refractivity contribution in [2.24, 2.45) is 5.92 Å². The summed E-state index contributed by atoms with van der Waals surface area (Å²) in [6.07, 6.45) is 4.24. The summed E-state index contributed by atoms with van der Waals surface area (Å²) in [5.74, 6) is 0.773. The fourth-order valence-corrected chi connectivity index (χ4v) is 6.39. The van der Waals surface area contributed by atoms with Crippen molar-refractivity contribution in [2.45, 2.75) is 52.2 Å². The molecule has 2 saturated heterocycles. The van der Waals surface area contributed by atoms with Gasteiger partial charge in [0, 0.05) is 50.0 Å². The number of anilines is 2. The van der Waals surface area contributed by atoms with E-state index in [9.17, 15) is 0 Å². The Labute approximate surface area is 230 Å². The predicted molar refractivity (Wildman–Crippen MR) is 156 cm³/mol. The van der Waals surface area contributed by atoms with Gasteiger partial charge < -0.3 is 24.4 Å². The van der Waals surface area contributed by atoms with Crippen LogP contribution in [-0.2, 0) is 11.3 Å². The molecule has 0 bridgehead atoms. The third-order valence-electron chi connectivity index (χ3n) is 7.88. The molecule has 2 fully saturated rings. The molecule has 8 heteroatoms. The molecule has 3 aromatic rings. The average molecular weight is 538 g/mol. The summed E-state index contributed by atoms with van der Waals surface area (Å²) in [7, 11) is 1.74. The molecule has 2 aliphatic rings. The molecule has 37 heavy (non-hydrogen) atoms. The number of benzene rings is 1. The fraction of sp³-hybridized carbons (Fsp3) is 0.448. The summed E-state index contributed by atoms with van der Waals surface area (Å²) < 4.78 is 7.70. The van der Waals surface area contributed by atoms with E-state index < -0.39 is 0 Å². The van der Waals surface area contributed by atoms with Crippen LogP contribution in [0.4, 0.5) is 11.4 Å². The number of aryl methyl sites for hydroxylation is 1. The quantitative estimate of drug-likeness (QED) is 0.361. The van der Waals surface area contributed by atoms with E-state index in [1.807, 2.05) is 18.3 Å². The fourth-order valence-electron chi connectivity index (χ4n) is 5.75. The Balaban J connectivity index is 1.55. The Morgan fingerprint density at radius 2 is 1.92 bits per heavy atom. The average Bonchev–Trinajstić information content (AvgIpc) is 3.38. The van der Waals surface area contributed by atoms with Gasteiger partial charge in [-0.3, -0.25) is 4.98 Å². The zero-order valence-electron chi connectivity index (χ0n) is 22.1. The highest BCUT2D eigenvalue weighted by Gasteiger charge is 2.42. The Hall–Kier alpha value is -2.61. The lowest BCUT2D eigenvalue weighted by atomic mass is 9.96. The number of halogens is 1. The van der Waals surface area contributed by atoms with Gasteiger partial charge in [-0.2, -0.15) is 0 Å². The molecule has 0 unspecified atom stereocenters. The molecule has 196 valence electrons. The SMILES string of the molecule is COCCn1c(C)cc([C@@H]2[C@H](c3ccccn3)NC(=S)N2c2ccc(N3CCC(C)CC3)c(Cl)c2)c1C. The smallest absolute Gasteiger partial charge is 0.174 e. The van der Waals surface area contributed by atoms with E-state index in [0.717, 1.165) is 47.6 Å². The van der Waals surface area contributed by atoms with Crippen LogP contribution in [0, 0.1) is 19.8 Å². The molecule has 0 radical (unpaired) electrons. The molecular weight excluding hydrogens is 502 g/mol. The summed E-state index contributed by atoms with van der Waals surface area (Å²) in [6, 6.07) is 14.5. The number of thiocarbonyl (C=S) groups is 1. The van der Waals surface area contributed by atoms with Crippen LogP contribution >= 0.6 is 23.8 Å². The summed E-state index contributed by atoms with van der Waals surface area (Å²) in [6.45, 7) is 10.2. The number of rotatable bonds is 7. The minimum atomic E-state index is -0.0906. The lowest BCUT2D eigenvalue weighted by molar-refractivity contribution is 0.186. The molecule has 5 rings (SSSR count). The van der Waals surface area contributed by atoms with Gasteiger partial charge in [0.15, 0.2) is 5.11 Å². The Morgan fingerprint density at radius 1 is 1.14 bits per heavy atom. The first-order chi connectivity index (χ1) is 17.9. The zero-order chi connectivity index (χ0) is 26.1. The van der Waals surface area contributed by atoms with Crippen molar-refractivity contribution in [3.05, 3.63) is 76.3 Å². The van der Waals surface area contributed by atoms with Crippen LogP contribution in [0.15, 0.2) is 48.7 Å².